The average molecular weight is 300 g/mol. The van der Waals surface area contributed by atoms with Crippen molar-refractivity contribution in [3.05, 3.63) is 0 Å². The van der Waals surface area contributed by atoms with Crippen molar-refractivity contribution in [1.82, 2.24) is 14.8 Å². The maximum atomic E-state index is 10.7. The Morgan fingerprint density at radius 3 is 3.00 bits per heavy atom. The fraction of sp³-hybridized carbons (Fsp3) is 0.750. The van der Waals surface area contributed by atoms with Crippen molar-refractivity contribution in [3.63, 3.8) is 0 Å². The van der Waals surface area contributed by atoms with E-state index in [1.165, 1.54) is 11.8 Å². The van der Waals surface area contributed by atoms with Crippen LogP contribution in [0.1, 0.15) is 20.3 Å². The zero-order valence-corrected chi connectivity index (χ0v) is 12.6. The number of hydrogen-bond acceptors (Lipinski definition) is 6. The first-order chi connectivity index (χ1) is 9.61. The Kier molecular flexibility index (Phi) is 5.24. The van der Waals surface area contributed by atoms with Gasteiger partial charge in [-0.15, -0.1) is 10.2 Å². The van der Waals surface area contributed by atoms with Gasteiger partial charge in [0.05, 0.1) is 18.5 Å². The predicted octanol–water partition coefficient (Wildman–Crippen LogP) is 1.09. The van der Waals surface area contributed by atoms with Crippen molar-refractivity contribution >= 4 is 23.7 Å². The molecule has 1 aromatic rings. The van der Waals surface area contributed by atoms with E-state index in [0.29, 0.717) is 11.8 Å². The highest BCUT2D eigenvalue weighted by Crippen LogP contribution is 2.23. The topological polar surface area (TPSA) is 80.5 Å². The molecule has 1 N–H and O–H groups in total. The number of ether oxygens (including phenoxy) is 1. The molecule has 20 heavy (non-hydrogen) atoms. The van der Waals surface area contributed by atoms with Crippen LogP contribution in [0.25, 0.3) is 0 Å². The summed E-state index contributed by atoms with van der Waals surface area (Å²) in [6.45, 7) is 7.15. The molecule has 0 spiro atoms. The highest BCUT2D eigenvalue weighted by Gasteiger charge is 2.23. The van der Waals surface area contributed by atoms with Crippen LogP contribution in [0.5, 0.6) is 0 Å². The summed E-state index contributed by atoms with van der Waals surface area (Å²) < 4.78 is 7.54. The Morgan fingerprint density at radius 2 is 2.35 bits per heavy atom. The van der Waals surface area contributed by atoms with E-state index in [0.717, 1.165) is 32.0 Å². The van der Waals surface area contributed by atoms with E-state index in [4.69, 9.17) is 9.84 Å². The lowest BCUT2D eigenvalue weighted by atomic mass is 10.3. The van der Waals surface area contributed by atoms with Crippen LogP contribution >= 0.6 is 11.8 Å². The Morgan fingerprint density at radius 1 is 1.55 bits per heavy atom. The van der Waals surface area contributed by atoms with Crippen LogP contribution < -0.4 is 4.90 Å². The molecule has 2 rings (SSSR count). The van der Waals surface area contributed by atoms with Gasteiger partial charge in [-0.1, -0.05) is 18.7 Å². The number of aliphatic carboxylic acids is 1. The van der Waals surface area contributed by atoms with Gasteiger partial charge in [0.25, 0.3) is 0 Å². The number of carbonyl (C=O) groups is 1. The van der Waals surface area contributed by atoms with Gasteiger partial charge in [0.15, 0.2) is 5.16 Å². The first-order valence-corrected chi connectivity index (χ1v) is 7.74. The molecular formula is C12H20N4O3S. The smallest absolute Gasteiger partial charge is 0.313 e. The third kappa shape index (κ3) is 3.63. The first-order valence-electron chi connectivity index (χ1n) is 6.76. The van der Waals surface area contributed by atoms with Gasteiger partial charge in [-0.2, -0.15) is 0 Å². The zero-order valence-electron chi connectivity index (χ0n) is 11.8. The summed E-state index contributed by atoms with van der Waals surface area (Å²) in [5, 5.41) is 17.8. The minimum Gasteiger partial charge on any atom is -0.481 e. The summed E-state index contributed by atoms with van der Waals surface area (Å²) in [5.74, 6) is -0.0288. The van der Waals surface area contributed by atoms with Crippen LogP contribution in [0.4, 0.5) is 5.95 Å². The first kappa shape index (κ1) is 15.1. The molecule has 1 fully saturated rings. The molecular weight excluding hydrogens is 280 g/mol. The molecule has 112 valence electrons. The van der Waals surface area contributed by atoms with Gasteiger partial charge in [-0.05, 0) is 13.3 Å². The molecule has 0 bridgehead atoms. The average Bonchev–Trinajstić information content (AvgIpc) is 2.80. The summed E-state index contributed by atoms with van der Waals surface area (Å²) in [6.07, 6.45) is 1.12. The lowest BCUT2D eigenvalue weighted by molar-refractivity contribution is -0.133. The standard InChI is InChI=1S/C12H20N4O3S/c1-3-4-16-11(15-5-6-19-9(2)7-15)13-14-12(16)20-8-10(17)18/h9H,3-8H2,1-2H3,(H,17,18). The summed E-state index contributed by atoms with van der Waals surface area (Å²) >= 11 is 1.21. The minimum absolute atomic E-state index is 0.00135. The van der Waals surface area contributed by atoms with Crippen molar-refractivity contribution in [1.29, 1.82) is 0 Å². The third-order valence-electron chi connectivity index (χ3n) is 2.99. The van der Waals surface area contributed by atoms with Crippen molar-refractivity contribution in [2.75, 3.05) is 30.3 Å². The molecule has 1 unspecified atom stereocenters. The van der Waals surface area contributed by atoms with Crippen LogP contribution in [0, 0.1) is 0 Å². The summed E-state index contributed by atoms with van der Waals surface area (Å²) in [5.41, 5.74) is 0. The van der Waals surface area contributed by atoms with Crippen LogP contribution in [-0.2, 0) is 16.1 Å². The normalized spacial score (nSPS) is 19.3. The molecule has 1 saturated heterocycles. The lowest BCUT2D eigenvalue weighted by Crippen LogP contribution is -2.42. The number of morpholine rings is 1. The summed E-state index contributed by atoms with van der Waals surface area (Å²) in [4.78, 5) is 12.8. The molecule has 1 aliphatic heterocycles. The van der Waals surface area contributed by atoms with Gasteiger partial charge < -0.3 is 14.7 Å². The summed E-state index contributed by atoms with van der Waals surface area (Å²) in [6, 6.07) is 0. The highest BCUT2D eigenvalue weighted by molar-refractivity contribution is 7.99. The maximum absolute atomic E-state index is 10.7. The second kappa shape index (κ2) is 6.94. The van der Waals surface area contributed by atoms with Crippen molar-refractivity contribution in [2.24, 2.45) is 0 Å². The Labute approximate surface area is 122 Å². The van der Waals surface area contributed by atoms with Gasteiger partial charge in [0.2, 0.25) is 5.95 Å². The monoisotopic (exact) mass is 300 g/mol. The lowest BCUT2D eigenvalue weighted by Gasteiger charge is -2.31. The van der Waals surface area contributed by atoms with E-state index in [1.807, 2.05) is 11.5 Å². The van der Waals surface area contributed by atoms with Crippen molar-refractivity contribution in [2.45, 2.75) is 38.1 Å². The molecule has 1 aromatic heterocycles. The zero-order chi connectivity index (χ0) is 14.5. The number of anilines is 1. The molecule has 7 nitrogen and oxygen atoms in total. The number of nitrogens with zero attached hydrogens (tertiary/aromatic N) is 4. The number of aromatic nitrogens is 3. The molecule has 0 aromatic carbocycles. The van der Waals surface area contributed by atoms with E-state index in [1.54, 1.807) is 0 Å². The number of rotatable bonds is 6. The SMILES string of the molecule is CCCn1c(SCC(=O)O)nnc1N1CCOC(C)C1. The fourth-order valence-electron chi connectivity index (χ4n) is 2.17. The quantitative estimate of drug-likeness (QED) is 0.788. The minimum atomic E-state index is -0.845. The third-order valence-corrected chi connectivity index (χ3v) is 3.94. The van der Waals surface area contributed by atoms with Crippen LogP contribution in [0.15, 0.2) is 5.16 Å². The van der Waals surface area contributed by atoms with E-state index in [2.05, 4.69) is 22.0 Å². The van der Waals surface area contributed by atoms with Gasteiger partial charge >= 0.3 is 5.97 Å². The number of thioether (sulfide) groups is 1. The van der Waals surface area contributed by atoms with Gasteiger partial charge in [0.1, 0.15) is 0 Å². The second-order valence-corrected chi connectivity index (χ2v) is 5.69. The largest absolute Gasteiger partial charge is 0.481 e. The van der Waals surface area contributed by atoms with E-state index in [9.17, 15) is 4.79 Å². The van der Waals surface area contributed by atoms with Crippen LogP contribution in [-0.4, -0.2) is 57.4 Å². The van der Waals surface area contributed by atoms with Crippen LogP contribution in [0.3, 0.4) is 0 Å². The molecule has 0 radical (unpaired) electrons. The van der Waals surface area contributed by atoms with E-state index >= 15 is 0 Å². The van der Waals surface area contributed by atoms with Crippen molar-refractivity contribution < 1.29 is 14.6 Å². The summed E-state index contributed by atoms with van der Waals surface area (Å²) in [7, 11) is 0. The molecule has 0 saturated carbocycles. The molecule has 0 amide bonds. The molecule has 1 aliphatic rings. The number of carboxylic acids is 1. The molecule has 1 atom stereocenters. The number of carboxylic acid groups (broad SMARTS) is 1. The Bertz CT molecular complexity index is 466. The molecule has 2 heterocycles. The Balaban J connectivity index is 2.16. The highest BCUT2D eigenvalue weighted by atomic mass is 32.2. The van der Waals surface area contributed by atoms with E-state index in [-0.39, 0.29) is 11.9 Å². The van der Waals surface area contributed by atoms with Gasteiger partial charge in [0, 0.05) is 19.6 Å². The fourth-order valence-corrected chi connectivity index (χ4v) is 2.85. The number of hydrogen-bond donors (Lipinski definition) is 1. The van der Waals surface area contributed by atoms with Gasteiger partial charge in [-0.25, -0.2) is 0 Å². The molecule has 0 aliphatic carbocycles. The second-order valence-electron chi connectivity index (χ2n) is 4.74. The maximum Gasteiger partial charge on any atom is 0.313 e. The Hall–Kier alpha value is -1.28. The van der Waals surface area contributed by atoms with Crippen LogP contribution in [0.2, 0.25) is 0 Å². The van der Waals surface area contributed by atoms with Gasteiger partial charge in [-0.3, -0.25) is 9.36 Å². The predicted molar refractivity (Wildman–Crippen MR) is 76.3 cm³/mol. The van der Waals surface area contributed by atoms with Crippen molar-refractivity contribution in [3.8, 4) is 0 Å². The van der Waals surface area contributed by atoms with E-state index < -0.39 is 5.97 Å². The molecule has 8 heteroatoms.